The molecular formula is C27H29N. The Hall–Kier alpha value is -2.41. The van der Waals surface area contributed by atoms with Crippen molar-refractivity contribution in [3.63, 3.8) is 0 Å². The van der Waals surface area contributed by atoms with Crippen molar-refractivity contribution in [1.29, 1.82) is 0 Å². The van der Waals surface area contributed by atoms with Crippen LogP contribution < -0.4 is 0 Å². The van der Waals surface area contributed by atoms with Crippen LogP contribution in [0.1, 0.15) is 55.2 Å². The number of aromatic nitrogens is 1. The molecule has 0 bridgehead atoms. The molecule has 2 aliphatic rings. The summed E-state index contributed by atoms with van der Waals surface area (Å²) in [6, 6.07) is 19.8. The highest BCUT2D eigenvalue weighted by atomic mass is 14.7. The average Bonchev–Trinajstić information content (AvgIpc) is 2.75. The second-order valence-corrected chi connectivity index (χ2v) is 8.97. The van der Waals surface area contributed by atoms with Crippen LogP contribution >= 0.6 is 0 Å². The lowest BCUT2D eigenvalue weighted by atomic mass is 9.64. The maximum absolute atomic E-state index is 4.77. The van der Waals surface area contributed by atoms with E-state index in [1.54, 1.807) is 11.1 Å². The molecule has 1 saturated carbocycles. The van der Waals surface area contributed by atoms with Crippen LogP contribution in [0.3, 0.4) is 0 Å². The fourth-order valence-corrected chi connectivity index (χ4v) is 5.44. The van der Waals surface area contributed by atoms with Crippen molar-refractivity contribution in [3.05, 3.63) is 77.5 Å². The van der Waals surface area contributed by atoms with E-state index in [9.17, 15) is 0 Å². The van der Waals surface area contributed by atoms with Gasteiger partial charge in [-0.25, -0.2) is 0 Å². The van der Waals surface area contributed by atoms with Crippen molar-refractivity contribution in [2.24, 2.45) is 5.41 Å². The summed E-state index contributed by atoms with van der Waals surface area (Å²) in [4.78, 5) is 4.77. The van der Waals surface area contributed by atoms with E-state index in [1.165, 1.54) is 73.6 Å². The molecule has 1 aromatic heterocycles. The summed E-state index contributed by atoms with van der Waals surface area (Å²) < 4.78 is 0. The summed E-state index contributed by atoms with van der Waals surface area (Å²) in [6.45, 7) is 2.21. The van der Waals surface area contributed by atoms with Gasteiger partial charge in [0.2, 0.25) is 0 Å². The van der Waals surface area contributed by atoms with Gasteiger partial charge >= 0.3 is 0 Å². The van der Waals surface area contributed by atoms with Crippen molar-refractivity contribution in [2.45, 2.75) is 58.3 Å². The van der Waals surface area contributed by atoms with Crippen molar-refractivity contribution < 1.29 is 0 Å². The summed E-state index contributed by atoms with van der Waals surface area (Å²) in [7, 11) is 0. The van der Waals surface area contributed by atoms with Crippen molar-refractivity contribution >= 4 is 0 Å². The zero-order valence-corrected chi connectivity index (χ0v) is 16.9. The van der Waals surface area contributed by atoms with Crippen LogP contribution in [0.15, 0.2) is 60.8 Å². The van der Waals surface area contributed by atoms with Gasteiger partial charge in [0.05, 0.1) is 5.69 Å². The standard InChI is InChI=1S/C27H29N/c1-20-16-26(21-8-4-2-5-9-21)28-19-25(20)23-10-11-24-18-27(13-6-3-7-14-27)15-12-22(24)17-23/h2,4-5,8-11,16-17,19H,3,6-7,12-15,18H2,1H3. The number of fused-ring (bicyclic) bond motifs is 1. The maximum atomic E-state index is 4.77. The summed E-state index contributed by atoms with van der Waals surface area (Å²) in [5.41, 5.74) is 9.90. The first-order valence-corrected chi connectivity index (χ1v) is 10.9. The van der Waals surface area contributed by atoms with E-state index in [2.05, 4.69) is 67.7 Å². The second kappa shape index (κ2) is 7.20. The summed E-state index contributed by atoms with van der Waals surface area (Å²) >= 11 is 0. The van der Waals surface area contributed by atoms with Crippen molar-refractivity contribution in [1.82, 2.24) is 4.98 Å². The molecule has 0 atom stereocenters. The number of hydrogen-bond acceptors (Lipinski definition) is 1. The smallest absolute Gasteiger partial charge is 0.0705 e. The molecule has 1 heteroatoms. The van der Waals surface area contributed by atoms with E-state index < -0.39 is 0 Å². The zero-order chi connectivity index (χ0) is 19.0. The minimum absolute atomic E-state index is 0.613. The van der Waals surface area contributed by atoms with Crippen LogP contribution in [-0.4, -0.2) is 4.98 Å². The van der Waals surface area contributed by atoms with Gasteiger partial charge in [0.1, 0.15) is 0 Å². The molecule has 0 N–H and O–H groups in total. The Morgan fingerprint density at radius 2 is 1.61 bits per heavy atom. The minimum atomic E-state index is 0.613. The lowest BCUT2D eigenvalue weighted by Crippen LogP contribution is -2.31. The van der Waals surface area contributed by atoms with Gasteiger partial charge in [0.25, 0.3) is 0 Å². The monoisotopic (exact) mass is 367 g/mol. The molecule has 142 valence electrons. The molecule has 5 rings (SSSR count). The Kier molecular flexibility index (Phi) is 4.55. The van der Waals surface area contributed by atoms with Gasteiger partial charge in [0.15, 0.2) is 0 Å². The molecular weight excluding hydrogens is 338 g/mol. The minimum Gasteiger partial charge on any atom is -0.256 e. The third-order valence-electron chi connectivity index (χ3n) is 7.10. The zero-order valence-electron chi connectivity index (χ0n) is 16.9. The van der Waals surface area contributed by atoms with E-state index in [1.807, 2.05) is 0 Å². The molecule has 0 unspecified atom stereocenters. The van der Waals surface area contributed by atoms with E-state index in [0.717, 1.165) is 5.69 Å². The van der Waals surface area contributed by atoms with E-state index in [-0.39, 0.29) is 0 Å². The van der Waals surface area contributed by atoms with Crippen LogP contribution in [0.4, 0.5) is 0 Å². The molecule has 1 spiro atoms. The van der Waals surface area contributed by atoms with Gasteiger partial charge in [0, 0.05) is 17.3 Å². The predicted molar refractivity (Wildman–Crippen MR) is 117 cm³/mol. The van der Waals surface area contributed by atoms with Crippen LogP contribution in [0, 0.1) is 12.3 Å². The Bertz CT molecular complexity index is 980. The van der Waals surface area contributed by atoms with Gasteiger partial charge in [-0.05, 0) is 72.8 Å². The molecule has 0 amide bonds. The molecule has 3 aromatic rings. The normalized spacial score (nSPS) is 18.0. The maximum Gasteiger partial charge on any atom is 0.0705 e. The van der Waals surface area contributed by atoms with Crippen LogP contribution in [0.2, 0.25) is 0 Å². The number of nitrogens with zero attached hydrogens (tertiary/aromatic N) is 1. The topological polar surface area (TPSA) is 12.9 Å². The molecule has 1 nitrogen and oxygen atoms in total. The molecule has 1 heterocycles. The van der Waals surface area contributed by atoms with Crippen LogP contribution in [-0.2, 0) is 12.8 Å². The lowest BCUT2D eigenvalue weighted by Gasteiger charge is -2.41. The molecule has 0 radical (unpaired) electrons. The first-order valence-electron chi connectivity index (χ1n) is 10.9. The van der Waals surface area contributed by atoms with Gasteiger partial charge in [-0.15, -0.1) is 0 Å². The fraction of sp³-hybridized carbons (Fsp3) is 0.370. The third-order valence-corrected chi connectivity index (χ3v) is 7.10. The molecule has 0 aliphatic heterocycles. The van der Waals surface area contributed by atoms with Gasteiger partial charge in [-0.2, -0.15) is 0 Å². The second-order valence-electron chi connectivity index (χ2n) is 8.97. The number of pyridine rings is 1. The van der Waals surface area contributed by atoms with Gasteiger partial charge in [-0.1, -0.05) is 67.8 Å². The Morgan fingerprint density at radius 3 is 2.39 bits per heavy atom. The van der Waals surface area contributed by atoms with Gasteiger partial charge < -0.3 is 0 Å². The predicted octanol–water partition coefficient (Wildman–Crippen LogP) is 7.16. The van der Waals surface area contributed by atoms with E-state index >= 15 is 0 Å². The Morgan fingerprint density at radius 1 is 0.786 bits per heavy atom. The number of hydrogen-bond donors (Lipinski definition) is 0. The summed E-state index contributed by atoms with van der Waals surface area (Å²) in [5.74, 6) is 0. The van der Waals surface area contributed by atoms with Crippen molar-refractivity contribution in [2.75, 3.05) is 0 Å². The molecule has 1 fully saturated rings. The number of aryl methyl sites for hydroxylation is 2. The van der Waals surface area contributed by atoms with Crippen molar-refractivity contribution in [3.8, 4) is 22.4 Å². The summed E-state index contributed by atoms with van der Waals surface area (Å²) in [5, 5.41) is 0. The third kappa shape index (κ3) is 3.28. The van der Waals surface area contributed by atoms with E-state index in [0.29, 0.717) is 5.41 Å². The first-order chi connectivity index (χ1) is 13.7. The quantitative estimate of drug-likeness (QED) is 0.468. The largest absolute Gasteiger partial charge is 0.256 e. The highest BCUT2D eigenvalue weighted by Gasteiger charge is 2.35. The highest BCUT2D eigenvalue weighted by Crippen LogP contribution is 2.46. The molecule has 28 heavy (non-hydrogen) atoms. The molecule has 2 aromatic carbocycles. The molecule has 2 aliphatic carbocycles. The fourth-order valence-electron chi connectivity index (χ4n) is 5.44. The molecule has 0 saturated heterocycles. The lowest BCUT2D eigenvalue weighted by molar-refractivity contribution is 0.162. The number of benzene rings is 2. The van der Waals surface area contributed by atoms with E-state index in [4.69, 9.17) is 4.98 Å². The Balaban J connectivity index is 1.43. The number of rotatable bonds is 2. The van der Waals surface area contributed by atoms with Gasteiger partial charge in [-0.3, -0.25) is 4.98 Å². The average molecular weight is 368 g/mol. The summed E-state index contributed by atoms with van der Waals surface area (Å²) in [6.07, 6.45) is 13.2. The van der Waals surface area contributed by atoms with Crippen LogP contribution in [0.5, 0.6) is 0 Å². The SMILES string of the molecule is Cc1cc(-c2ccccc2)ncc1-c1ccc2c(c1)CCC1(CCCCC1)C2. The highest BCUT2D eigenvalue weighted by molar-refractivity contribution is 5.71. The Labute approximate surface area is 168 Å². The van der Waals surface area contributed by atoms with Crippen LogP contribution in [0.25, 0.3) is 22.4 Å². The first kappa shape index (κ1) is 17.7.